The van der Waals surface area contributed by atoms with E-state index in [4.69, 9.17) is 0 Å². The Bertz CT molecular complexity index is 821. The topological polar surface area (TPSA) is 61.4 Å². The third-order valence-corrected chi connectivity index (χ3v) is 9.47. The second-order valence-corrected chi connectivity index (χ2v) is 11.1. The summed E-state index contributed by atoms with van der Waals surface area (Å²) in [4.78, 5) is 2.51. The van der Waals surface area contributed by atoms with Crippen LogP contribution < -0.4 is 10.0 Å². The number of nitrogens with zero attached hydrogens (tertiary/aromatic N) is 1. The predicted octanol–water partition coefficient (Wildman–Crippen LogP) is 2.97. The molecule has 0 aromatic heterocycles. The van der Waals surface area contributed by atoms with E-state index in [9.17, 15) is 8.42 Å². The van der Waals surface area contributed by atoms with Crippen LogP contribution in [0, 0.1) is 0 Å². The van der Waals surface area contributed by atoms with Gasteiger partial charge in [0.15, 0.2) is 0 Å². The number of rotatable bonds is 6. The van der Waals surface area contributed by atoms with E-state index in [0.29, 0.717) is 18.8 Å². The van der Waals surface area contributed by atoms with Crippen molar-refractivity contribution in [3.8, 4) is 0 Å². The van der Waals surface area contributed by atoms with Crippen molar-refractivity contribution in [1.29, 1.82) is 0 Å². The molecule has 2 fully saturated rings. The summed E-state index contributed by atoms with van der Waals surface area (Å²) < 4.78 is 28.9. The molecule has 2 aliphatic carbocycles. The van der Waals surface area contributed by atoms with Gasteiger partial charge in [0.2, 0.25) is 10.0 Å². The second-order valence-electron chi connectivity index (χ2n) is 9.09. The van der Waals surface area contributed by atoms with Gasteiger partial charge in [0.25, 0.3) is 0 Å². The Hall–Kier alpha value is -1.11. The maximum atomic E-state index is 13.0. The second kappa shape index (κ2) is 7.29. The minimum absolute atomic E-state index is 0.234. The first-order chi connectivity index (χ1) is 13.6. The molecule has 3 atom stereocenters. The standard InChI is InChI=1S/C22H33N3O2S/c1-2-25-17-9-10-18(25)13-19(12-17)28(26,27)24-14-23-22-20-7-3-5-15(20)11-16-6-4-8-21(16)22/h11,17-19,23-24H,2-10,12-14H2,1H3/t17-,18+,19?. The van der Waals surface area contributed by atoms with Crippen molar-refractivity contribution in [3.05, 3.63) is 28.3 Å². The van der Waals surface area contributed by atoms with E-state index in [2.05, 4.69) is 27.9 Å². The minimum atomic E-state index is -3.28. The number of aryl methyl sites for hydroxylation is 2. The van der Waals surface area contributed by atoms with Gasteiger partial charge in [-0.05, 0) is 93.0 Å². The quantitative estimate of drug-likeness (QED) is 0.717. The van der Waals surface area contributed by atoms with Gasteiger partial charge >= 0.3 is 0 Å². The lowest BCUT2D eigenvalue weighted by Crippen LogP contribution is -2.49. The maximum absolute atomic E-state index is 13.0. The van der Waals surface area contributed by atoms with Gasteiger partial charge in [-0.2, -0.15) is 4.72 Å². The Morgan fingerprint density at radius 3 is 2.18 bits per heavy atom. The first-order valence-electron chi connectivity index (χ1n) is 11.2. The molecule has 6 heteroatoms. The number of anilines is 1. The number of hydrogen-bond donors (Lipinski definition) is 2. The molecule has 0 amide bonds. The van der Waals surface area contributed by atoms with E-state index in [1.165, 1.54) is 53.6 Å². The van der Waals surface area contributed by atoms with Crippen LogP contribution in [-0.2, 0) is 35.7 Å². The maximum Gasteiger partial charge on any atom is 0.216 e. The summed E-state index contributed by atoms with van der Waals surface area (Å²) in [7, 11) is -3.28. The summed E-state index contributed by atoms with van der Waals surface area (Å²) >= 11 is 0. The zero-order valence-electron chi connectivity index (χ0n) is 17.0. The molecule has 2 bridgehead atoms. The fourth-order valence-corrected chi connectivity index (χ4v) is 7.83. The largest absolute Gasteiger partial charge is 0.371 e. The van der Waals surface area contributed by atoms with Crippen LogP contribution in [0.1, 0.15) is 67.7 Å². The first-order valence-corrected chi connectivity index (χ1v) is 12.8. The summed E-state index contributed by atoms with van der Waals surface area (Å²) in [5, 5.41) is 3.26. The van der Waals surface area contributed by atoms with Gasteiger partial charge in [0.1, 0.15) is 0 Å². The van der Waals surface area contributed by atoms with Crippen molar-refractivity contribution in [3.63, 3.8) is 0 Å². The van der Waals surface area contributed by atoms with Crippen LogP contribution >= 0.6 is 0 Å². The highest BCUT2D eigenvalue weighted by atomic mass is 32.2. The van der Waals surface area contributed by atoms with Crippen molar-refractivity contribution in [2.24, 2.45) is 0 Å². The van der Waals surface area contributed by atoms with E-state index in [0.717, 1.165) is 45.1 Å². The molecule has 1 aromatic carbocycles. The van der Waals surface area contributed by atoms with Gasteiger partial charge in [-0.25, -0.2) is 8.42 Å². The Morgan fingerprint density at radius 1 is 1.00 bits per heavy atom. The van der Waals surface area contributed by atoms with Crippen LogP contribution in [0.25, 0.3) is 0 Å². The molecule has 1 aromatic rings. The first kappa shape index (κ1) is 18.9. The van der Waals surface area contributed by atoms with E-state index in [1.807, 2.05) is 0 Å². The lowest BCUT2D eigenvalue weighted by Gasteiger charge is -2.37. The van der Waals surface area contributed by atoms with Gasteiger partial charge in [0.05, 0.1) is 11.9 Å². The van der Waals surface area contributed by atoms with Crippen molar-refractivity contribution < 1.29 is 8.42 Å². The molecule has 5 rings (SSSR count). The minimum Gasteiger partial charge on any atom is -0.371 e. The molecule has 2 heterocycles. The Balaban J connectivity index is 1.27. The summed E-state index contributed by atoms with van der Waals surface area (Å²) in [5.41, 5.74) is 7.08. The van der Waals surface area contributed by atoms with Crippen molar-refractivity contribution in [2.45, 2.75) is 88.5 Å². The lowest BCUT2D eigenvalue weighted by molar-refractivity contribution is 0.150. The van der Waals surface area contributed by atoms with Gasteiger partial charge in [0, 0.05) is 17.8 Å². The molecule has 0 spiro atoms. The van der Waals surface area contributed by atoms with Crippen LogP contribution in [0.2, 0.25) is 0 Å². The van der Waals surface area contributed by atoms with E-state index in [1.54, 1.807) is 0 Å². The van der Waals surface area contributed by atoms with E-state index >= 15 is 0 Å². The SMILES string of the molecule is CCN1[C@@H]2CC[C@H]1CC(S(=O)(=O)NCNc1c3c(cc4c1CCC4)CCC3)C2. The van der Waals surface area contributed by atoms with Crippen molar-refractivity contribution >= 4 is 15.7 Å². The highest BCUT2D eigenvalue weighted by Gasteiger charge is 2.44. The number of piperidine rings is 1. The zero-order chi connectivity index (χ0) is 19.3. The van der Waals surface area contributed by atoms with Crippen LogP contribution in [0.4, 0.5) is 5.69 Å². The Morgan fingerprint density at radius 2 is 1.61 bits per heavy atom. The molecular weight excluding hydrogens is 370 g/mol. The number of fused-ring (bicyclic) bond motifs is 4. The molecule has 154 valence electrons. The highest BCUT2D eigenvalue weighted by molar-refractivity contribution is 7.90. The van der Waals surface area contributed by atoms with Crippen molar-refractivity contribution in [2.75, 3.05) is 18.5 Å². The summed E-state index contributed by atoms with van der Waals surface area (Å²) in [6.07, 6.45) is 10.9. The normalized spacial score (nSPS) is 29.1. The Kier molecular flexibility index (Phi) is 4.92. The van der Waals surface area contributed by atoms with Crippen LogP contribution in [-0.4, -0.2) is 43.9 Å². The number of sulfonamides is 1. The molecule has 2 saturated heterocycles. The van der Waals surface area contributed by atoms with Gasteiger partial charge < -0.3 is 5.32 Å². The molecule has 0 saturated carbocycles. The molecule has 5 nitrogen and oxygen atoms in total. The van der Waals surface area contributed by atoms with Gasteiger partial charge in [-0.3, -0.25) is 4.90 Å². The number of benzene rings is 1. The number of nitrogens with one attached hydrogen (secondary N) is 2. The van der Waals surface area contributed by atoms with E-state index < -0.39 is 10.0 Å². The molecule has 2 aliphatic heterocycles. The molecule has 0 radical (unpaired) electrons. The average molecular weight is 404 g/mol. The summed E-state index contributed by atoms with van der Waals surface area (Å²) in [6, 6.07) is 3.33. The lowest BCUT2D eigenvalue weighted by atomic mass is 9.99. The molecular formula is C22H33N3O2S. The third kappa shape index (κ3) is 3.17. The number of hydrogen-bond acceptors (Lipinski definition) is 4. The molecule has 1 unspecified atom stereocenters. The van der Waals surface area contributed by atoms with Crippen LogP contribution in [0.5, 0.6) is 0 Å². The molecule has 4 aliphatic rings. The average Bonchev–Trinajstić information content (AvgIpc) is 3.38. The monoisotopic (exact) mass is 403 g/mol. The summed E-state index contributed by atoms with van der Waals surface area (Å²) in [6.45, 7) is 3.55. The molecule has 28 heavy (non-hydrogen) atoms. The fourth-order valence-electron chi connectivity index (χ4n) is 6.37. The fraction of sp³-hybridized carbons (Fsp3) is 0.727. The smallest absolute Gasteiger partial charge is 0.216 e. The highest BCUT2D eigenvalue weighted by Crippen LogP contribution is 2.39. The third-order valence-electron chi connectivity index (χ3n) is 7.66. The summed E-state index contributed by atoms with van der Waals surface area (Å²) in [5.74, 6) is 0. The molecule has 2 N–H and O–H groups in total. The van der Waals surface area contributed by atoms with Gasteiger partial charge in [-0.15, -0.1) is 0 Å². The van der Waals surface area contributed by atoms with Crippen molar-refractivity contribution in [1.82, 2.24) is 9.62 Å². The van der Waals surface area contributed by atoms with Gasteiger partial charge in [-0.1, -0.05) is 13.0 Å². The Labute approximate surface area is 169 Å². The zero-order valence-corrected chi connectivity index (χ0v) is 17.8. The van der Waals surface area contributed by atoms with Crippen LogP contribution in [0.3, 0.4) is 0 Å². The van der Waals surface area contributed by atoms with Crippen LogP contribution in [0.15, 0.2) is 6.07 Å². The van der Waals surface area contributed by atoms with E-state index in [-0.39, 0.29) is 5.25 Å². The predicted molar refractivity (Wildman–Crippen MR) is 113 cm³/mol.